The van der Waals surface area contributed by atoms with E-state index in [1.807, 2.05) is 0 Å². The molecular formula is C42H28B2N4. The molecule has 2 aliphatic heterocycles. The Morgan fingerprint density at radius 3 is 1.06 bits per heavy atom. The summed E-state index contributed by atoms with van der Waals surface area (Å²) in [5.74, 6) is 0. The van der Waals surface area contributed by atoms with E-state index in [4.69, 9.17) is 0 Å². The van der Waals surface area contributed by atoms with Gasteiger partial charge in [-0.15, -0.1) is 0 Å². The summed E-state index contributed by atoms with van der Waals surface area (Å²) in [5.41, 5.74) is 12.5. The predicted octanol–water partition coefficient (Wildman–Crippen LogP) is 8.69. The second kappa shape index (κ2) is 9.69. The topological polar surface area (TPSA) is 16.3 Å². The summed E-state index contributed by atoms with van der Waals surface area (Å²) in [7, 11) is 0. The summed E-state index contributed by atoms with van der Waals surface area (Å²) < 4.78 is 5.23. The van der Waals surface area contributed by atoms with Gasteiger partial charge in [0.2, 0.25) is 0 Å². The van der Waals surface area contributed by atoms with Crippen LogP contribution in [0.1, 0.15) is 0 Å². The molecule has 0 saturated heterocycles. The van der Waals surface area contributed by atoms with E-state index in [0.29, 0.717) is 0 Å². The van der Waals surface area contributed by atoms with Crippen LogP contribution in [-0.2, 0) is 0 Å². The highest BCUT2D eigenvalue weighted by Gasteiger charge is 2.48. The average Bonchev–Trinajstić information content (AvgIpc) is 3.89. The van der Waals surface area contributed by atoms with Crippen LogP contribution in [0.25, 0.3) is 43.6 Å². The SMILES string of the molecule is c1ccc(B2N(c3ccccc3)c3c4c5ccccc5n5c4c(c4c6ccccc6n2c34)N(c2ccccc2)B5c2ccccc2)cc1. The van der Waals surface area contributed by atoms with Crippen LogP contribution >= 0.6 is 0 Å². The first kappa shape index (κ1) is 26.0. The van der Waals surface area contributed by atoms with Gasteiger partial charge in [0.25, 0.3) is 0 Å². The molecule has 0 amide bonds. The minimum absolute atomic E-state index is 0.0546. The van der Waals surface area contributed by atoms with Crippen molar-refractivity contribution in [1.29, 1.82) is 0 Å². The van der Waals surface area contributed by atoms with Gasteiger partial charge >= 0.3 is 14.0 Å². The molecule has 2 aliphatic rings. The Morgan fingerprint density at radius 2 is 0.667 bits per heavy atom. The molecule has 4 heterocycles. The number of fused-ring (bicyclic) bond motifs is 8. The number of rotatable bonds is 4. The summed E-state index contributed by atoms with van der Waals surface area (Å²) in [5, 5.41) is 5.18. The normalized spacial score (nSPS) is 13.7. The molecular weight excluding hydrogens is 582 g/mol. The highest BCUT2D eigenvalue weighted by Crippen LogP contribution is 2.58. The Morgan fingerprint density at radius 1 is 0.333 bits per heavy atom. The Hall–Kier alpha value is -6.13. The highest BCUT2D eigenvalue weighted by atomic mass is 15.3. The standard InChI is InChI=1S/C42H28B2N4/c1-5-17-29(18-6-1)43-45(31-21-9-3-10-22-31)39-37-34-26-14-16-28-36(34)48-42(37)40(38-33-25-13-15-27-35(33)47(43)41(38)39)46(32-23-11-4-12-24-32)44(48)30-19-7-2-8-20-30/h1-28H. The zero-order valence-electron chi connectivity index (χ0n) is 26.1. The molecule has 0 spiro atoms. The fraction of sp³-hybridized carbons (Fsp3) is 0. The van der Waals surface area contributed by atoms with Crippen molar-refractivity contribution in [3.63, 3.8) is 0 Å². The van der Waals surface area contributed by atoms with Crippen LogP contribution in [0, 0.1) is 0 Å². The minimum Gasteiger partial charge on any atom is -0.359 e. The van der Waals surface area contributed by atoms with Crippen molar-refractivity contribution in [3.05, 3.63) is 170 Å². The highest BCUT2D eigenvalue weighted by molar-refractivity contribution is 6.83. The molecule has 0 N–H and O–H groups in total. The zero-order chi connectivity index (χ0) is 31.3. The van der Waals surface area contributed by atoms with Crippen molar-refractivity contribution in [3.8, 4) is 0 Å². The largest absolute Gasteiger partial charge is 0.420 e. The number of hydrogen-bond donors (Lipinski definition) is 0. The van der Waals surface area contributed by atoms with Gasteiger partial charge in [-0.2, -0.15) is 0 Å². The predicted molar refractivity (Wildman–Crippen MR) is 204 cm³/mol. The van der Waals surface area contributed by atoms with E-state index in [0.717, 1.165) is 0 Å². The molecule has 0 unspecified atom stereocenters. The van der Waals surface area contributed by atoms with Gasteiger partial charge in [-0.3, -0.25) is 0 Å². The lowest BCUT2D eigenvalue weighted by Gasteiger charge is -2.29. The van der Waals surface area contributed by atoms with Crippen LogP contribution in [0.15, 0.2) is 170 Å². The molecule has 0 radical (unpaired) electrons. The zero-order valence-corrected chi connectivity index (χ0v) is 26.1. The summed E-state index contributed by atoms with van der Waals surface area (Å²) in [6.07, 6.45) is 0. The lowest BCUT2D eigenvalue weighted by atomic mass is 9.65. The summed E-state index contributed by atoms with van der Waals surface area (Å²) in [4.78, 5) is 5.20. The van der Waals surface area contributed by atoms with Crippen molar-refractivity contribution in [2.45, 2.75) is 0 Å². The molecule has 6 heteroatoms. The fourth-order valence-corrected chi connectivity index (χ4v) is 8.73. The third-order valence-electron chi connectivity index (χ3n) is 10.5. The quantitative estimate of drug-likeness (QED) is 0.186. The molecule has 0 atom stereocenters. The molecule has 222 valence electrons. The van der Waals surface area contributed by atoms with Crippen LogP contribution in [0.3, 0.4) is 0 Å². The third-order valence-corrected chi connectivity index (χ3v) is 10.5. The second-order valence-corrected chi connectivity index (χ2v) is 12.9. The van der Waals surface area contributed by atoms with E-state index >= 15 is 0 Å². The van der Waals surface area contributed by atoms with Crippen LogP contribution in [0.4, 0.5) is 22.7 Å². The molecule has 0 aliphatic carbocycles. The number of hydrogen-bond acceptors (Lipinski definition) is 2. The second-order valence-electron chi connectivity index (χ2n) is 12.9. The number of aromatic nitrogens is 2. The molecule has 2 aromatic heterocycles. The van der Waals surface area contributed by atoms with Gasteiger partial charge in [0.05, 0.1) is 22.4 Å². The summed E-state index contributed by atoms with van der Waals surface area (Å²) in [6.45, 7) is -0.109. The van der Waals surface area contributed by atoms with Gasteiger partial charge in [-0.25, -0.2) is 0 Å². The van der Waals surface area contributed by atoms with E-state index in [1.165, 1.54) is 77.3 Å². The number of nitrogens with zero attached hydrogens (tertiary/aromatic N) is 4. The maximum atomic E-state index is 2.61. The van der Waals surface area contributed by atoms with E-state index in [-0.39, 0.29) is 14.0 Å². The first-order valence-electron chi connectivity index (χ1n) is 16.7. The molecule has 0 bridgehead atoms. The number of anilines is 4. The molecule has 0 saturated carbocycles. The Balaban J connectivity index is 1.40. The van der Waals surface area contributed by atoms with Crippen LogP contribution in [-0.4, -0.2) is 22.9 Å². The smallest absolute Gasteiger partial charge is 0.359 e. The minimum atomic E-state index is -0.0546. The summed E-state index contributed by atoms with van der Waals surface area (Å²) in [6, 6.07) is 62.0. The van der Waals surface area contributed by atoms with Crippen molar-refractivity contribution in [2.24, 2.45) is 0 Å². The lowest BCUT2D eigenvalue weighted by molar-refractivity contribution is 1.32. The molecule has 4 nitrogen and oxygen atoms in total. The van der Waals surface area contributed by atoms with Crippen LogP contribution in [0.5, 0.6) is 0 Å². The molecule has 11 rings (SSSR count). The summed E-state index contributed by atoms with van der Waals surface area (Å²) >= 11 is 0. The maximum Gasteiger partial charge on any atom is 0.420 e. The van der Waals surface area contributed by atoms with Crippen molar-refractivity contribution >= 4 is 91.3 Å². The van der Waals surface area contributed by atoms with Crippen molar-refractivity contribution in [2.75, 3.05) is 9.62 Å². The van der Waals surface area contributed by atoms with Crippen molar-refractivity contribution < 1.29 is 0 Å². The van der Waals surface area contributed by atoms with Gasteiger partial charge < -0.3 is 18.6 Å². The first-order valence-corrected chi connectivity index (χ1v) is 16.7. The van der Waals surface area contributed by atoms with Gasteiger partial charge in [0.1, 0.15) is 0 Å². The molecule has 0 fully saturated rings. The van der Waals surface area contributed by atoms with Crippen molar-refractivity contribution in [1.82, 2.24) is 8.96 Å². The molecule has 7 aromatic carbocycles. The van der Waals surface area contributed by atoms with Crippen LogP contribution in [0.2, 0.25) is 0 Å². The molecule has 9 aromatic rings. The van der Waals surface area contributed by atoms with Gasteiger partial charge in [0.15, 0.2) is 0 Å². The van der Waals surface area contributed by atoms with Gasteiger partial charge in [-0.05, 0) is 47.3 Å². The molecule has 48 heavy (non-hydrogen) atoms. The van der Waals surface area contributed by atoms with E-state index < -0.39 is 0 Å². The van der Waals surface area contributed by atoms with E-state index in [1.54, 1.807) is 0 Å². The van der Waals surface area contributed by atoms with Gasteiger partial charge in [0, 0.05) is 44.0 Å². The van der Waals surface area contributed by atoms with Gasteiger partial charge in [-0.1, -0.05) is 133 Å². The van der Waals surface area contributed by atoms with E-state index in [9.17, 15) is 0 Å². The Kier molecular flexibility index (Phi) is 5.25. The number of benzene rings is 7. The average molecular weight is 610 g/mol. The van der Waals surface area contributed by atoms with E-state index in [2.05, 4.69) is 188 Å². The van der Waals surface area contributed by atoms with Crippen LogP contribution < -0.4 is 20.5 Å². The Bertz CT molecular complexity index is 2500. The lowest BCUT2D eigenvalue weighted by Crippen LogP contribution is -2.48. The monoisotopic (exact) mass is 610 g/mol. The number of para-hydroxylation sites is 4. The maximum absolute atomic E-state index is 2.61. The first-order chi connectivity index (χ1) is 23.9. The fourth-order valence-electron chi connectivity index (χ4n) is 8.73. The Labute approximate surface area is 278 Å². The third kappa shape index (κ3) is 3.26.